The average Bonchev–Trinajstić information content (AvgIpc) is 2.76. The summed E-state index contributed by atoms with van der Waals surface area (Å²) in [6.07, 6.45) is 5.25. The minimum Gasteiger partial charge on any atom is -0.439 e. The van der Waals surface area contributed by atoms with Crippen molar-refractivity contribution in [2.45, 2.75) is 26.7 Å². The molecule has 1 heterocycles. The summed E-state index contributed by atoms with van der Waals surface area (Å²) in [6, 6.07) is 8.00. The van der Waals surface area contributed by atoms with E-state index in [1.165, 1.54) is 6.21 Å². The van der Waals surface area contributed by atoms with Crippen molar-refractivity contribution in [3.05, 3.63) is 47.4 Å². The zero-order valence-electron chi connectivity index (χ0n) is 11.7. The van der Waals surface area contributed by atoms with Crippen LogP contribution in [0.4, 0.5) is 5.69 Å². The Labute approximate surface area is 114 Å². The molecule has 100 valence electrons. The molecule has 1 aliphatic heterocycles. The van der Waals surface area contributed by atoms with Gasteiger partial charge in [0.25, 0.3) is 0 Å². The Balaban J connectivity index is 2.37. The third-order valence-corrected chi connectivity index (χ3v) is 3.42. The van der Waals surface area contributed by atoms with Gasteiger partial charge in [-0.3, -0.25) is 0 Å². The van der Waals surface area contributed by atoms with E-state index >= 15 is 0 Å². The highest BCUT2D eigenvalue weighted by atomic mass is 16.5. The summed E-state index contributed by atoms with van der Waals surface area (Å²) in [4.78, 5) is 2.04. The lowest BCUT2D eigenvalue weighted by molar-refractivity contribution is 0.443. The lowest BCUT2D eigenvalue weighted by atomic mass is 10.0. The summed E-state index contributed by atoms with van der Waals surface area (Å²) in [5.41, 5.74) is 3.30. The topological polar surface area (TPSA) is 36.3 Å². The third kappa shape index (κ3) is 2.55. The van der Waals surface area contributed by atoms with E-state index in [1.54, 1.807) is 0 Å². The molecule has 2 rings (SSSR count). The maximum atomic E-state index is 7.48. The Morgan fingerprint density at radius 1 is 1.21 bits per heavy atom. The standard InChI is InChI=1S/C16H20N2O/c1-4-12(13(5-2)11-17)10-16-18(3)14-8-6-7-9-15(14)19-16/h6-11,17H,4-5H2,1-3H3/b13-12+,16-10+,17-11?. The van der Waals surface area contributed by atoms with Gasteiger partial charge in [-0.25, -0.2) is 0 Å². The van der Waals surface area contributed by atoms with Gasteiger partial charge < -0.3 is 15.0 Å². The van der Waals surface area contributed by atoms with Gasteiger partial charge in [0, 0.05) is 19.3 Å². The second-order valence-corrected chi connectivity index (χ2v) is 4.51. The van der Waals surface area contributed by atoms with Crippen molar-refractivity contribution < 1.29 is 4.74 Å². The predicted molar refractivity (Wildman–Crippen MR) is 79.9 cm³/mol. The minimum atomic E-state index is 0.825. The van der Waals surface area contributed by atoms with Crippen LogP contribution in [0.15, 0.2) is 47.4 Å². The summed E-state index contributed by atoms with van der Waals surface area (Å²) in [5.74, 6) is 1.71. The Hall–Kier alpha value is -2.03. The predicted octanol–water partition coefficient (Wildman–Crippen LogP) is 4.12. The highest BCUT2D eigenvalue weighted by molar-refractivity contribution is 5.78. The van der Waals surface area contributed by atoms with Crippen LogP contribution in [0.3, 0.4) is 0 Å². The van der Waals surface area contributed by atoms with Crippen molar-refractivity contribution in [1.29, 1.82) is 5.41 Å². The van der Waals surface area contributed by atoms with Crippen molar-refractivity contribution in [2.24, 2.45) is 0 Å². The third-order valence-electron chi connectivity index (χ3n) is 3.42. The lowest BCUT2D eigenvalue weighted by Crippen LogP contribution is -2.13. The normalized spacial score (nSPS) is 17.0. The zero-order valence-corrected chi connectivity index (χ0v) is 11.7. The molecule has 3 nitrogen and oxygen atoms in total. The molecule has 0 saturated heterocycles. The van der Waals surface area contributed by atoms with Crippen molar-refractivity contribution in [3.8, 4) is 5.75 Å². The fourth-order valence-electron chi connectivity index (χ4n) is 2.24. The van der Waals surface area contributed by atoms with Gasteiger partial charge in [0.1, 0.15) is 0 Å². The van der Waals surface area contributed by atoms with E-state index in [4.69, 9.17) is 10.1 Å². The molecule has 0 aromatic heterocycles. The molecule has 0 unspecified atom stereocenters. The minimum absolute atomic E-state index is 0.825. The SMILES string of the molecule is CC/C(C=N)=C(\C=C1\Oc2ccccc2N1C)CC. The van der Waals surface area contributed by atoms with Crippen molar-refractivity contribution >= 4 is 11.9 Å². The van der Waals surface area contributed by atoms with Crippen LogP contribution in [0.25, 0.3) is 0 Å². The van der Waals surface area contributed by atoms with Gasteiger partial charge in [0.2, 0.25) is 5.88 Å². The molecule has 0 radical (unpaired) electrons. The van der Waals surface area contributed by atoms with Gasteiger partial charge in [-0.15, -0.1) is 0 Å². The number of rotatable bonds is 4. The molecule has 0 saturated carbocycles. The fraction of sp³-hybridized carbons (Fsp3) is 0.312. The van der Waals surface area contributed by atoms with E-state index in [1.807, 2.05) is 42.3 Å². The van der Waals surface area contributed by atoms with Gasteiger partial charge in [-0.05, 0) is 36.1 Å². The van der Waals surface area contributed by atoms with Crippen molar-refractivity contribution in [3.63, 3.8) is 0 Å². The van der Waals surface area contributed by atoms with Crippen LogP contribution in [0, 0.1) is 5.41 Å². The maximum absolute atomic E-state index is 7.48. The first-order valence-electron chi connectivity index (χ1n) is 6.66. The van der Waals surface area contributed by atoms with Gasteiger partial charge in [-0.1, -0.05) is 26.0 Å². The number of allylic oxidation sites excluding steroid dienone is 3. The summed E-state index contributed by atoms with van der Waals surface area (Å²) >= 11 is 0. The highest BCUT2D eigenvalue weighted by Crippen LogP contribution is 2.37. The fourth-order valence-corrected chi connectivity index (χ4v) is 2.24. The number of fused-ring (bicyclic) bond motifs is 1. The van der Waals surface area contributed by atoms with Crippen LogP contribution in [0.2, 0.25) is 0 Å². The number of hydrogen-bond donors (Lipinski definition) is 1. The number of nitrogens with zero attached hydrogens (tertiary/aromatic N) is 1. The first-order chi connectivity index (χ1) is 9.21. The Morgan fingerprint density at radius 2 is 1.89 bits per heavy atom. The molecule has 1 aliphatic rings. The first kappa shape index (κ1) is 13.4. The van der Waals surface area contributed by atoms with Gasteiger partial charge >= 0.3 is 0 Å². The monoisotopic (exact) mass is 256 g/mol. The van der Waals surface area contributed by atoms with E-state index in [-0.39, 0.29) is 0 Å². The maximum Gasteiger partial charge on any atom is 0.200 e. The van der Waals surface area contributed by atoms with E-state index in [0.717, 1.165) is 41.3 Å². The number of hydrogen-bond acceptors (Lipinski definition) is 3. The second-order valence-electron chi connectivity index (χ2n) is 4.51. The summed E-state index contributed by atoms with van der Waals surface area (Å²) in [7, 11) is 2.00. The number of ether oxygens (including phenoxy) is 1. The molecule has 1 aromatic rings. The highest BCUT2D eigenvalue weighted by Gasteiger charge is 2.22. The van der Waals surface area contributed by atoms with Crippen molar-refractivity contribution in [2.75, 3.05) is 11.9 Å². The van der Waals surface area contributed by atoms with Crippen molar-refractivity contribution in [1.82, 2.24) is 0 Å². The van der Waals surface area contributed by atoms with Gasteiger partial charge in [0.05, 0.1) is 5.69 Å². The van der Waals surface area contributed by atoms with Crippen LogP contribution in [0.1, 0.15) is 26.7 Å². The summed E-state index contributed by atoms with van der Waals surface area (Å²) < 4.78 is 5.87. The van der Waals surface area contributed by atoms with Crippen LogP contribution < -0.4 is 9.64 Å². The Morgan fingerprint density at radius 3 is 2.47 bits per heavy atom. The number of nitrogens with one attached hydrogen (secondary N) is 1. The summed E-state index contributed by atoms with van der Waals surface area (Å²) in [6.45, 7) is 4.18. The van der Waals surface area contributed by atoms with Crippen LogP contribution in [-0.4, -0.2) is 13.3 Å². The molecule has 1 aromatic carbocycles. The largest absolute Gasteiger partial charge is 0.439 e. The van der Waals surface area contributed by atoms with Gasteiger partial charge in [-0.2, -0.15) is 0 Å². The van der Waals surface area contributed by atoms with Crippen LogP contribution >= 0.6 is 0 Å². The summed E-state index contributed by atoms with van der Waals surface area (Å²) in [5, 5.41) is 7.48. The van der Waals surface area contributed by atoms with Gasteiger partial charge in [0.15, 0.2) is 5.75 Å². The quantitative estimate of drug-likeness (QED) is 0.822. The zero-order chi connectivity index (χ0) is 13.8. The molecule has 3 heteroatoms. The molecular weight excluding hydrogens is 236 g/mol. The second kappa shape index (κ2) is 5.74. The first-order valence-corrected chi connectivity index (χ1v) is 6.66. The molecule has 19 heavy (non-hydrogen) atoms. The number of anilines is 1. The Kier molecular flexibility index (Phi) is 4.05. The Bertz CT molecular complexity index is 543. The van der Waals surface area contributed by atoms with E-state index in [2.05, 4.69) is 13.8 Å². The molecular formula is C16H20N2O. The average molecular weight is 256 g/mol. The smallest absolute Gasteiger partial charge is 0.200 e. The number of para-hydroxylation sites is 2. The van der Waals surface area contributed by atoms with E-state index in [0.29, 0.717) is 0 Å². The molecule has 0 fully saturated rings. The molecule has 0 bridgehead atoms. The van der Waals surface area contributed by atoms with E-state index in [9.17, 15) is 0 Å². The van der Waals surface area contributed by atoms with E-state index < -0.39 is 0 Å². The molecule has 1 N–H and O–H groups in total. The molecule has 0 atom stereocenters. The molecule has 0 spiro atoms. The molecule has 0 amide bonds. The van der Waals surface area contributed by atoms with Crippen LogP contribution in [0.5, 0.6) is 5.75 Å². The lowest BCUT2D eigenvalue weighted by Gasteiger charge is -2.12. The molecule has 0 aliphatic carbocycles. The van der Waals surface area contributed by atoms with Crippen LogP contribution in [-0.2, 0) is 0 Å². The number of benzene rings is 1.